The van der Waals surface area contributed by atoms with Crippen LogP contribution >= 0.6 is 0 Å². The zero-order valence-corrected chi connectivity index (χ0v) is 23.3. The second kappa shape index (κ2) is 11.2. The van der Waals surface area contributed by atoms with E-state index < -0.39 is 23.3 Å². The Morgan fingerprint density at radius 2 is 1.75 bits per heavy atom. The van der Waals surface area contributed by atoms with E-state index in [-0.39, 0.29) is 28.3 Å². The lowest BCUT2D eigenvalue weighted by Gasteiger charge is -2.15. The number of nitrogens with one attached hydrogen (secondary N) is 2. The normalized spacial score (nSPS) is 12.5. The molecule has 1 aliphatic heterocycles. The Labute approximate surface area is 248 Å². The minimum atomic E-state index is -1.04. The van der Waals surface area contributed by atoms with Crippen molar-refractivity contribution in [3.05, 3.63) is 110 Å². The Bertz CT molecular complexity index is 2200. The molecule has 3 amide bonds. The number of carbonyl (C=O) groups is 2. The molecule has 216 valence electrons. The van der Waals surface area contributed by atoms with Gasteiger partial charge in [-0.1, -0.05) is 53.6 Å². The van der Waals surface area contributed by atoms with Crippen LogP contribution in [-0.4, -0.2) is 56.2 Å². The Balaban J connectivity index is 1.36. The number of anilines is 1. The molecule has 5 aromatic rings. The lowest BCUT2D eigenvalue weighted by molar-refractivity contribution is 0.251. The zero-order chi connectivity index (χ0) is 31.0. The molecule has 2 aromatic heterocycles. The lowest BCUT2D eigenvalue weighted by atomic mass is 9.99. The summed E-state index contributed by atoms with van der Waals surface area (Å²) >= 11 is 0. The van der Waals surface area contributed by atoms with E-state index in [4.69, 9.17) is 0 Å². The number of nitriles is 1. The van der Waals surface area contributed by atoms with E-state index in [0.717, 1.165) is 27.9 Å². The predicted molar refractivity (Wildman–Crippen MR) is 161 cm³/mol. The summed E-state index contributed by atoms with van der Waals surface area (Å²) in [6.45, 7) is 0.747. The second-order valence-corrected chi connectivity index (χ2v) is 10.0. The first-order valence-electron chi connectivity index (χ1n) is 13.2. The van der Waals surface area contributed by atoms with Crippen molar-refractivity contribution in [2.24, 2.45) is 15.2 Å². The molecule has 3 aromatic carbocycles. The van der Waals surface area contributed by atoms with Crippen LogP contribution in [0.5, 0.6) is 0 Å². The number of H-pyrrole nitrogens is 1. The van der Waals surface area contributed by atoms with Crippen LogP contribution in [0.25, 0.3) is 27.8 Å². The predicted octanol–water partition coefficient (Wildman–Crippen LogP) is 3.89. The molecule has 3 heterocycles. The molecular formula is C30H22N10O4. The number of hydrogen-bond donors (Lipinski definition) is 2. The van der Waals surface area contributed by atoms with Gasteiger partial charge in [-0.25, -0.2) is 19.1 Å². The van der Waals surface area contributed by atoms with E-state index >= 15 is 0 Å². The summed E-state index contributed by atoms with van der Waals surface area (Å²) in [6.07, 6.45) is 0. The van der Waals surface area contributed by atoms with Crippen LogP contribution in [0.4, 0.5) is 15.3 Å². The molecular weight excluding hydrogens is 564 g/mol. The van der Waals surface area contributed by atoms with Crippen LogP contribution in [0.1, 0.15) is 16.8 Å². The zero-order valence-electron chi connectivity index (χ0n) is 23.3. The van der Waals surface area contributed by atoms with Gasteiger partial charge in [-0.15, -0.1) is 5.11 Å². The third kappa shape index (κ3) is 5.10. The molecule has 0 saturated heterocycles. The van der Waals surface area contributed by atoms with Crippen molar-refractivity contribution in [2.75, 3.05) is 19.4 Å². The number of aromatic nitrogens is 4. The van der Waals surface area contributed by atoms with E-state index in [0.29, 0.717) is 15.8 Å². The van der Waals surface area contributed by atoms with Crippen molar-refractivity contribution in [3.63, 3.8) is 0 Å². The summed E-state index contributed by atoms with van der Waals surface area (Å²) in [5, 5.41) is 23.5. The number of carbonyl (C=O) groups excluding carboxylic acids is 2. The number of amides is 3. The van der Waals surface area contributed by atoms with Gasteiger partial charge in [0.1, 0.15) is 11.6 Å². The van der Waals surface area contributed by atoms with Crippen LogP contribution in [0.2, 0.25) is 0 Å². The lowest BCUT2D eigenvalue weighted by Crippen LogP contribution is -2.42. The molecule has 44 heavy (non-hydrogen) atoms. The molecule has 0 aliphatic carbocycles. The van der Waals surface area contributed by atoms with E-state index in [9.17, 15) is 24.4 Å². The maximum absolute atomic E-state index is 13.7. The molecule has 0 saturated carbocycles. The van der Waals surface area contributed by atoms with Crippen molar-refractivity contribution in [1.29, 1.82) is 5.26 Å². The molecule has 0 bridgehead atoms. The average Bonchev–Trinajstić information content (AvgIpc) is 3.61. The molecule has 14 nitrogen and oxygen atoms in total. The van der Waals surface area contributed by atoms with Gasteiger partial charge in [-0.3, -0.25) is 4.79 Å². The number of rotatable bonds is 6. The fourth-order valence-corrected chi connectivity index (χ4v) is 4.86. The molecule has 14 heteroatoms. The molecule has 0 fully saturated rings. The number of aliphatic imine (C=N–C) groups is 1. The van der Waals surface area contributed by atoms with Gasteiger partial charge in [0.05, 0.1) is 5.69 Å². The Kier molecular flexibility index (Phi) is 7.05. The third-order valence-corrected chi connectivity index (χ3v) is 6.77. The highest BCUT2D eigenvalue weighted by atomic mass is 16.2. The van der Waals surface area contributed by atoms with E-state index in [1.807, 2.05) is 56.6 Å². The monoisotopic (exact) mass is 586 g/mol. The van der Waals surface area contributed by atoms with Gasteiger partial charge in [-0.2, -0.15) is 19.9 Å². The van der Waals surface area contributed by atoms with Crippen LogP contribution in [-0.2, 0) is 6.54 Å². The number of azo groups is 1. The van der Waals surface area contributed by atoms with Crippen LogP contribution < -0.4 is 16.6 Å². The van der Waals surface area contributed by atoms with Gasteiger partial charge >= 0.3 is 17.8 Å². The van der Waals surface area contributed by atoms with Crippen LogP contribution in [0.15, 0.2) is 97.6 Å². The molecule has 0 spiro atoms. The van der Waals surface area contributed by atoms with Crippen molar-refractivity contribution in [3.8, 4) is 22.9 Å². The van der Waals surface area contributed by atoms with Gasteiger partial charge in [0.15, 0.2) is 17.0 Å². The Morgan fingerprint density at radius 1 is 0.977 bits per heavy atom. The van der Waals surface area contributed by atoms with Crippen LogP contribution in [0, 0.1) is 11.3 Å². The van der Waals surface area contributed by atoms with Crippen molar-refractivity contribution < 1.29 is 9.59 Å². The highest BCUT2D eigenvalue weighted by Crippen LogP contribution is 2.26. The van der Waals surface area contributed by atoms with Gasteiger partial charge < -0.3 is 15.2 Å². The Hall–Kier alpha value is -6.33. The minimum Gasteiger partial charge on any atom is -0.307 e. The van der Waals surface area contributed by atoms with Gasteiger partial charge in [0, 0.05) is 17.8 Å². The minimum absolute atomic E-state index is 0.0613. The van der Waals surface area contributed by atoms with Gasteiger partial charge in [0.2, 0.25) is 0 Å². The SMILES string of the molecule is CN(C)Cc1ccccc1-c1ccc(NC(=O)n2c(=O)[nH]c3c(C#N)nn(-c4cccc(C5=NC(=O)N=N5)c4)c3c2=O)cc1. The fourth-order valence-electron chi connectivity index (χ4n) is 4.86. The number of fused-ring (bicyclic) bond motifs is 1. The number of nitrogens with zero attached hydrogens (tertiary/aromatic N) is 8. The summed E-state index contributed by atoms with van der Waals surface area (Å²) in [5.41, 5.74) is 1.52. The smallest absolute Gasteiger partial charge is 0.307 e. The second-order valence-electron chi connectivity index (χ2n) is 10.0. The summed E-state index contributed by atoms with van der Waals surface area (Å²) in [5.74, 6) is 0.0613. The van der Waals surface area contributed by atoms with Gasteiger partial charge in [-0.05, 0) is 55.1 Å². The number of aromatic amines is 1. The number of benzene rings is 3. The van der Waals surface area contributed by atoms with E-state index in [1.54, 1.807) is 30.3 Å². The highest BCUT2D eigenvalue weighted by Gasteiger charge is 2.23. The van der Waals surface area contributed by atoms with Gasteiger partial charge in [0.25, 0.3) is 5.56 Å². The first-order valence-corrected chi connectivity index (χ1v) is 13.2. The van der Waals surface area contributed by atoms with Crippen molar-refractivity contribution in [1.82, 2.24) is 24.2 Å². The number of urea groups is 1. The number of amidine groups is 1. The molecule has 1 aliphatic rings. The fraction of sp³-hybridized carbons (Fsp3) is 0.100. The number of hydrogen-bond acceptors (Lipinski definition) is 8. The van der Waals surface area contributed by atoms with E-state index in [2.05, 4.69) is 35.5 Å². The molecule has 6 rings (SSSR count). The van der Waals surface area contributed by atoms with E-state index in [1.165, 1.54) is 6.07 Å². The van der Waals surface area contributed by atoms with Crippen molar-refractivity contribution in [2.45, 2.75) is 6.54 Å². The van der Waals surface area contributed by atoms with Crippen molar-refractivity contribution >= 4 is 34.6 Å². The standard InChI is InChI=1S/C30H22N10O4/c1-38(2)16-19-6-3-4-9-22(19)17-10-12-20(13-11-17)32-29(43)39-27(41)25-24(33-30(39)44)23(15-31)37-40(25)21-8-5-7-18(14-21)26-34-28(42)36-35-26/h3-14H,16H2,1-2H3,(H,32,43)(H,33,44). The molecule has 2 N–H and O–H groups in total. The summed E-state index contributed by atoms with van der Waals surface area (Å²) < 4.78 is 1.54. The molecule has 0 atom stereocenters. The summed E-state index contributed by atoms with van der Waals surface area (Å²) in [4.78, 5) is 59.5. The quantitative estimate of drug-likeness (QED) is 0.302. The average molecular weight is 587 g/mol. The Morgan fingerprint density at radius 3 is 2.45 bits per heavy atom. The maximum atomic E-state index is 13.7. The molecule has 0 radical (unpaired) electrons. The third-order valence-electron chi connectivity index (χ3n) is 6.77. The first-order chi connectivity index (χ1) is 21.2. The topological polar surface area (TPSA) is 183 Å². The molecule has 0 unspecified atom stereocenters. The maximum Gasteiger partial charge on any atom is 0.387 e. The summed E-state index contributed by atoms with van der Waals surface area (Å²) in [7, 11) is 3.98. The largest absolute Gasteiger partial charge is 0.387 e. The van der Waals surface area contributed by atoms with Crippen LogP contribution in [0.3, 0.4) is 0 Å². The first kappa shape index (κ1) is 27.8. The highest BCUT2D eigenvalue weighted by molar-refractivity contribution is 6.08. The summed E-state index contributed by atoms with van der Waals surface area (Å²) in [6, 6.07) is 21.4.